The Kier molecular flexibility index (Phi) is 6.07. The summed E-state index contributed by atoms with van der Waals surface area (Å²) in [5.41, 5.74) is 7.72. The molecule has 2 aromatic carbocycles. The van der Waals surface area contributed by atoms with Crippen molar-refractivity contribution in [2.24, 2.45) is 10.7 Å². The Bertz CT molecular complexity index is 781. The summed E-state index contributed by atoms with van der Waals surface area (Å²) >= 11 is 0. The van der Waals surface area contributed by atoms with Crippen LogP contribution in [0, 0.1) is 0 Å². The molecule has 0 aliphatic carbocycles. The molecule has 5 heteroatoms. The number of anilines is 1. The number of Topliss-reactive ketones (excluding diaryl/α,β-unsaturated/α-hetero) is 2. The lowest BCUT2D eigenvalue weighted by Crippen LogP contribution is -2.23. The highest BCUT2D eigenvalue weighted by molar-refractivity contribution is 6.03. The Hall–Kier alpha value is -2.69. The third-order valence-corrected chi connectivity index (χ3v) is 3.61. The van der Waals surface area contributed by atoms with E-state index in [1.165, 1.54) is 0 Å². The zero-order valence-corrected chi connectivity index (χ0v) is 14.1. The quantitative estimate of drug-likeness (QED) is 0.465. The third kappa shape index (κ3) is 5.19. The van der Waals surface area contributed by atoms with Gasteiger partial charge in [0.25, 0.3) is 0 Å². The summed E-state index contributed by atoms with van der Waals surface area (Å²) in [6.07, 6.45) is 1.58. The Balaban J connectivity index is 2.21. The van der Waals surface area contributed by atoms with Crippen LogP contribution in [-0.4, -0.2) is 24.1 Å². The normalized spacial score (nSPS) is 11.5. The van der Waals surface area contributed by atoms with Crippen LogP contribution in [0.4, 0.5) is 5.69 Å². The Morgan fingerprint density at radius 3 is 2.58 bits per heavy atom. The summed E-state index contributed by atoms with van der Waals surface area (Å²) in [5, 5.41) is 5.18. The highest BCUT2D eigenvalue weighted by Crippen LogP contribution is 2.26. The maximum atomic E-state index is 11.4. The van der Waals surface area contributed by atoms with Crippen molar-refractivity contribution >= 4 is 34.0 Å². The molecule has 0 aliphatic heterocycles. The smallest absolute Gasteiger partial charge is 0.193 e. The summed E-state index contributed by atoms with van der Waals surface area (Å²) < 4.78 is 0. The first kappa shape index (κ1) is 17.7. The molecule has 5 nitrogen and oxygen atoms in total. The topological polar surface area (TPSA) is 84.6 Å². The van der Waals surface area contributed by atoms with Gasteiger partial charge in [-0.1, -0.05) is 30.3 Å². The van der Waals surface area contributed by atoms with Crippen molar-refractivity contribution in [3.8, 4) is 0 Å². The average Bonchev–Trinajstić information content (AvgIpc) is 2.51. The van der Waals surface area contributed by atoms with Crippen molar-refractivity contribution in [1.29, 1.82) is 0 Å². The van der Waals surface area contributed by atoms with E-state index in [1.54, 1.807) is 13.8 Å². The molecule has 0 unspecified atom stereocenters. The van der Waals surface area contributed by atoms with E-state index in [9.17, 15) is 9.59 Å². The van der Waals surface area contributed by atoms with Crippen LogP contribution in [0.3, 0.4) is 0 Å². The van der Waals surface area contributed by atoms with Crippen molar-refractivity contribution in [2.75, 3.05) is 11.9 Å². The number of nitrogens with one attached hydrogen (secondary N) is 1. The van der Waals surface area contributed by atoms with Gasteiger partial charge in [-0.05, 0) is 37.3 Å². The molecule has 2 aromatic rings. The van der Waals surface area contributed by atoms with Crippen molar-refractivity contribution in [3.05, 3.63) is 42.0 Å². The number of benzene rings is 2. The van der Waals surface area contributed by atoms with Crippen LogP contribution in [0.2, 0.25) is 0 Å². The highest BCUT2D eigenvalue weighted by Gasteiger charge is 2.07. The lowest BCUT2D eigenvalue weighted by molar-refractivity contribution is -0.117. The number of guanidine groups is 1. The van der Waals surface area contributed by atoms with Gasteiger partial charge in [-0.25, -0.2) is 0 Å². The monoisotopic (exact) mass is 325 g/mol. The van der Waals surface area contributed by atoms with E-state index in [1.807, 2.05) is 36.4 Å². The molecule has 0 spiro atoms. The number of carbonyl (C=O) groups is 2. The fourth-order valence-corrected chi connectivity index (χ4v) is 2.57. The zero-order chi connectivity index (χ0) is 17.5. The maximum Gasteiger partial charge on any atom is 0.193 e. The van der Waals surface area contributed by atoms with Gasteiger partial charge in [0.15, 0.2) is 5.96 Å². The van der Waals surface area contributed by atoms with E-state index < -0.39 is 0 Å². The van der Waals surface area contributed by atoms with Gasteiger partial charge in [0, 0.05) is 30.5 Å². The van der Waals surface area contributed by atoms with Gasteiger partial charge >= 0.3 is 0 Å². The lowest BCUT2D eigenvalue weighted by atomic mass is 10.0. The number of aliphatic imine (C=N–C) groups is 1. The van der Waals surface area contributed by atoms with Crippen molar-refractivity contribution in [3.63, 3.8) is 0 Å². The standard InChI is InChI=1S/C19H23N3O2/c1-13(23)6-5-9-21-19(20)22-18-12-15(10-14(2)24)11-16-7-3-4-8-17(16)18/h3-4,7-8,11-12H,5-6,9-10H2,1-2H3,(H3,20,21,22). The molecule has 0 atom stereocenters. The molecular weight excluding hydrogens is 302 g/mol. The summed E-state index contributed by atoms with van der Waals surface area (Å²) in [5.74, 6) is 0.574. The van der Waals surface area contributed by atoms with Gasteiger partial charge in [0.05, 0.1) is 0 Å². The van der Waals surface area contributed by atoms with E-state index in [-0.39, 0.29) is 11.6 Å². The van der Waals surface area contributed by atoms with Gasteiger partial charge in [-0.15, -0.1) is 0 Å². The Morgan fingerprint density at radius 1 is 1.12 bits per heavy atom. The second-order valence-corrected chi connectivity index (χ2v) is 5.94. The number of ketones is 2. The molecule has 0 heterocycles. The first-order valence-corrected chi connectivity index (χ1v) is 8.03. The van der Waals surface area contributed by atoms with Gasteiger partial charge in [0.1, 0.15) is 11.6 Å². The number of fused-ring (bicyclic) bond motifs is 1. The van der Waals surface area contributed by atoms with Crippen molar-refractivity contribution < 1.29 is 9.59 Å². The number of nitrogens with two attached hydrogens (primary N) is 1. The van der Waals surface area contributed by atoms with Crippen LogP contribution < -0.4 is 11.1 Å². The summed E-state index contributed by atoms with van der Waals surface area (Å²) in [7, 11) is 0. The first-order valence-electron chi connectivity index (χ1n) is 8.03. The first-order chi connectivity index (χ1) is 11.5. The molecule has 0 aliphatic rings. The maximum absolute atomic E-state index is 11.4. The summed E-state index contributed by atoms with van der Waals surface area (Å²) in [6.45, 7) is 3.65. The molecule has 0 saturated carbocycles. The van der Waals surface area contributed by atoms with E-state index in [0.717, 1.165) is 22.0 Å². The minimum Gasteiger partial charge on any atom is -0.370 e. The number of rotatable bonds is 7. The zero-order valence-electron chi connectivity index (χ0n) is 14.1. The number of nitrogens with zero attached hydrogens (tertiary/aromatic N) is 1. The Morgan fingerprint density at radius 2 is 1.88 bits per heavy atom. The van der Waals surface area contributed by atoms with E-state index in [4.69, 9.17) is 5.73 Å². The van der Waals surface area contributed by atoms with Crippen LogP contribution in [0.15, 0.2) is 41.4 Å². The third-order valence-electron chi connectivity index (χ3n) is 3.61. The molecule has 2 rings (SSSR count). The lowest BCUT2D eigenvalue weighted by Gasteiger charge is -2.12. The molecule has 0 saturated heterocycles. The molecule has 0 fully saturated rings. The fourth-order valence-electron chi connectivity index (χ4n) is 2.57. The molecule has 0 amide bonds. The minimum atomic E-state index is 0.113. The molecule has 126 valence electrons. The van der Waals surface area contributed by atoms with Crippen molar-refractivity contribution in [2.45, 2.75) is 33.1 Å². The van der Waals surface area contributed by atoms with E-state index in [0.29, 0.717) is 31.8 Å². The summed E-state index contributed by atoms with van der Waals surface area (Å²) in [4.78, 5) is 26.6. The minimum absolute atomic E-state index is 0.113. The molecule has 0 aromatic heterocycles. The Labute approximate surface area is 142 Å². The van der Waals surface area contributed by atoms with E-state index >= 15 is 0 Å². The van der Waals surface area contributed by atoms with Crippen LogP contribution in [-0.2, 0) is 16.0 Å². The van der Waals surface area contributed by atoms with Crippen LogP contribution >= 0.6 is 0 Å². The number of hydrogen-bond acceptors (Lipinski definition) is 3. The fraction of sp³-hybridized carbons (Fsp3) is 0.316. The molecule has 24 heavy (non-hydrogen) atoms. The molecule has 0 bridgehead atoms. The predicted molar refractivity (Wildman–Crippen MR) is 98.4 cm³/mol. The van der Waals surface area contributed by atoms with Gasteiger partial charge in [-0.3, -0.25) is 9.79 Å². The van der Waals surface area contributed by atoms with E-state index in [2.05, 4.69) is 10.3 Å². The van der Waals surface area contributed by atoms with Crippen LogP contribution in [0.1, 0.15) is 32.3 Å². The number of hydrogen-bond donors (Lipinski definition) is 2. The molecule has 0 radical (unpaired) electrons. The number of carbonyl (C=O) groups excluding carboxylic acids is 2. The molecule has 3 N–H and O–H groups in total. The predicted octanol–water partition coefficient (Wildman–Crippen LogP) is 3.07. The largest absolute Gasteiger partial charge is 0.370 e. The van der Waals surface area contributed by atoms with Crippen molar-refractivity contribution in [1.82, 2.24) is 0 Å². The van der Waals surface area contributed by atoms with Crippen LogP contribution in [0.5, 0.6) is 0 Å². The van der Waals surface area contributed by atoms with Gasteiger partial charge in [0.2, 0.25) is 0 Å². The van der Waals surface area contributed by atoms with Crippen LogP contribution in [0.25, 0.3) is 10.8 Å². The second kappa shape index (κ2) is 8.24. The van der Waals surface area contributed by atoms with Gasteiger partial charge in [-0.2, -0.15) is 0 Å². The SMILES string of the molecule is CC(=O)CCCN=C(N)Nc1cc(CC(C)=O)cc2ccccc12. The average molecular weight is 325 g/mol. The molecular formula is C19H23N3O2. The van der Waals surface area contributed by atoms with Gasteiger partial charge < -0.3 is 15.8 Å². The highest BCUT2D eigenvalue weighted by atomic mass is 16.1. The second-order valence-electron chi connectivity index (χ2n) is 5.94. The summed E-state index contributed by atoms with van der Waals surface area (Å²) in [6, 6.07) is 11.9.